The number of aliphatic hydroxyl groups excluding tert-OH is 3. The molecule has 36 heavy (non-hydrogen) atoms. The lowest BCUT2D eigenvalue weighted by molar-refractivity contribution is -0.280. The van der Waals surface area contributed by atoms with Crippen molar-refractivity contribution in [3.05, 3.63) is 0 Å². The summed E-state index contributed by atoms with van der Waals surface area (Å²) in [5.41, 5.74) is 11.0. The topological polar surface area (TPSA) is 236 Å². The van der Waals surface area contributed by atoms with Crippen LogP contribution in [0.15, 0.2) is 0 Å². The Hall–Kier alpha value is -2.36. The molecule has 1 rings (SSSR count). The van der Waals surface area contributed by atoms with Gasteiger partial charge in [0, 0.05) is 19.5 Å². The van der Waals surface area contributed by atoms with E-state index in [1.807, 2.05) is 6.92 Å². The average molecular weight is 520 g/mol. The molecule has 14 heteroatoms. The first-order valence-electron chi connectivity index (χ1n) is 12.1. The maximum absolute atomic E-state index is 12.6. The van der Waals surface area contributed by atoms with E-state index in [0.717, 1.165) is 12.8 Å². The normalized spacial score (nSPS) is 26.4. The molecule has 3 unspecified atom stereocenters. The fourth-order valence-electron chi connectivity index (χ4n) is 3.62. The molecular weight excluding hydrogens is 478 g/mol. The number of nitrogens with one attached hydrogen (secondary N) is 3. The molecule has 1 heterocycles. The molecule has 0 aliphatic carbocycles. The van der Waals surface area contributed by atoms with E-state index in [9.17, 15) is 34.5 Å². The van der Waals surface area contributed by atoms with Crippen LogP contribution in [0.25, 0.3) is 0 Å². The summed E-state index contributed by atoms with van der Waals surface area (Å²) in [6.07, 6.45) is -4.49. The van der Waals surface area contributed by atoms with Gasteiger partial charge in [0.1, 0.15) is 30.4 Å². The van der Waals surface area contributed by atoms with Gasteiger partial charge in [0.15, 0.2) is 6.29 Å². The third-order valence-electron chi connectivity index (χ3n) is 5.93. The molecule has 14 nitrogen and oxygen atoms in total. The monoisotopic (exact) mass is 519 g/mol. The minimum Gasteiger partial charge on any atom is -0.394 e. The van der Waals surface area contributed by atoms with E-state index < -0.39 is 73.0 Å². The molecule has 1 fully saturated rings. The van der Waals surface area contributed by atoms with Crippen LogP contribution in [-0.4, -0.2) is 101 Å². The second-order valence-electron chi connectivity index (χ2n) is 8.82. The summed E-state index contributed by atoms with van der Waals surface area (Å²) in [6.45, 7) is 4.54. The quantitative estimate of drug-likeness (QED) is 0.0997. The molecule has 208 valence electrons. The molecule has 0 spiro atoms. The fraction of sp³-hybridized carbons (Fsp3) is 0.818. The lowest BCUT2D eigenvalue weighted by Gasteiger charge is -2.42. The van der Waals surface area contributed by atoms with E-state index in [1.54, 1.807) is 0 Å². The van der Waals surface area contributed by atoms with Crippen LogP contribution < -0.4 is 27.4 Å². The highest BCUT2D eigenvalue weighted by Gasteiger charge is 2.45. The van der Waals surface area contributed by atoms with Gasteiger partial charge in [-0.2, -0.15) is 0 Å². The molecule has 1 aliphatic heterocycles. The van der Waals surface area contributed by atoms with Gasteiger partial charge in [0.05, 0.1) is 18.6 Å². The van der Waals surface area contributed by atoms with Gasteiger partial charge in [-0.3, -0.25) is 19.2 Å². The summed E-state index contributed by atoms with van der Waals surface area (Å²) < 4.78 is 10.7. The Morgan fingerprint density at radius 3 is 2.33 bits per heavy atom. The molecular formula is C22H41N5O9. The van der Waals surface area contributed by atoms with Gasteiger partial charge in [0.2, 0.25) is 23.6 Å². The number of carbonyl (C=O) groups excluding carboxylic acids is 4. The van der Waals surface area contributed by atoms with Crippen molar-refractivity contribution in [2.75, 3.05) is 19.7 Å². The first kappa shape index (κ1) is 31.7. The Morgan fingerprint density at radius 2 is 1.78 bits per heavy atom. The Morgan fingerprint density at radius 1 is 1.11 bits per heavy atom. The molecule has 0 bridgehead atoms. The van der Waals surface area contributed by atoms with Crippen molar-refractivity contribution in [1.82, 2.24) is 16.0 Å². The van der Waals surface area contributed by atoms with E-state index in [1.165, 1.54) is 13.8 Å². The Labute approximate surface area is 210 Å². The Bertz CT molecular complexity index is 741. The first-order valence-corrected chi connectivity index (χ1v) is 12.1. The fourth-order valence-corrected chi connectivity index (χ4v) is 3.62. The number of carbonyl (C=O) groups is 4. The van der Waals surface area contributed by atoms with Gasteiger partial charge in [0.25, 0.3) is 0 Å². The van der Waals surface area contributed by atoms with E-state index in [-0.39, 0.29) is 25.3 Å². The molecule has 0 aromatic heterocycles. The molecule has 4 amide bonds. The van der Waals surface area contributed by atoms with Crippen LogP contribution >= 0.6 is 0 Å². The summed E-state index contributed by atoms with van der Waals surface area (Å²) in [6, 6.07) is -2.20. The molecule has 0 aromatic carbocycles. The zero-order chi connectivity index (χ0) is 27.4. The van der Waals surface area contributed by atoms with Crippen molar-refractivity contribution in [1.29, 1.82) is 0 Å². The minimum atomic E-state index is -1.42. The number of amides is 4. The second-order valence-corrected chi connectivity index (χ2v) is 8.82. The number of hydrogen-bond donors (Lipinski definition) is 8. The summed E-state index contributed by atoms with van der Waals surface area (Å²) in [4.78, 5) is 48.7. The first-order chi connectivity index (χ1) is 17.0. The Kier molecular flexibility index (Phi) is 13.8. The van der Waals surface area contributed by atoms with Crippen molar-refractivity contribution < 1.29 is 44.0 Å². The number of hydrogen-bond acceptors (Lipinski definition) is 10. The van der Waals surface area contributed by atoms with Gasteiger partial charge in [-0.25, -0.2) is 0 Å². The summed E-state index contributed by atoms with van der Waals surface area (Å²) in [5.74, 6) is -3.37. The molecule has 1 saturated heterocycles. The van der Waals surface area contributed by atoms with E-state index in [2.05, 4.69) is 16.0 Å². The minimum absolute atomic E-state index is 0.00429. The zero-order valence-corrected chi connectivity index (χ0v) is 21.0. The van der Waals surface area contributed by atoms with E-state index >= 15 is 0 Å². The summed E-state index contributed by atoms with van der Waals surface area (Å²) >= 11 is 0. The molecule has 1 aliphatic rings. The van der Waals surface area contributed by atoms with Crippen LogP contribution in [0.2, 0.25) is 0 Å². The molecule has 0 aromatic rings. The molecule has 8 atom stereocenters. The number of rotatable bonds is 15. The van der Waals surface area contributed by atoms with Crippen molar-refractivity contribution in [2.24, 2.45) is 17.4 Å². The second kappa shape index (κ2) is 15.7. The standard InChI is InChI=1S/C22H41N5O9/c1-4-5-8-25-16(29)7-6-14(19(24)31)27-20(32)11(2)26-21(33)12(3)35-18-13(9-23)22(34)36-15(10-28)17(18)30/h11-15,17-18,22,28,30,34H,4-10,23H2,1-3H3,(H2,24,31)(H,25,29)(H,26,33)(H,27,32)/t11-,12+,13-,14+,15?,17?,18+,22?/m0/s1. The number of aliphatic hydroxyl groups is 3. The number of nitrogens with two attached hydrogens (primary N) is 2. The number of ether oxygens (including phenoxy) is 2. The average Bonchev–Trinajstić information content (AvgIpc) is 2.83. The van der Waals surface area contributed by atoms with Crippen molar-refractivity contribution in [3.8, 4) is 0 Å². The van der Waals surface area contributed by atoms with E-state index in [0.29, 0.717) is 6.54 Å². The van der Waals surface area contributed by atoms with Crippen LogP contribution in [0.3, 0.4) is 0 Å². The SMILES string of the molecule is CCCCNC(=O)CC[C@@H](NC(=O)[C@H](C)NC(=O)[C@@H](C)O[C@H]1C(O)C(CO)OC(O)[C@H]1CN)C(N)=O. The summed E-state index contributed by atoms with van der Waals surface area (Å²) in [7, 11) is 0. The smallest absolute Gasteiger partial charge is 0.249 e. The third kappa shape index (κ3) is 9.59. The number of primary amides is 1. The lowest BCUT2D eigenvalue weighted by atomic mass is 9.90. The predicted molar refractivity (Wildman–Crippen MR) is 127 cm³/mol. The Balaban J connectivity index is 2.65. The summed E-state index contributed by atoms with van der Waals surface area (Å²) in [5, 5.41) is 37.4. The third-order valence-corrected chi connectivity index (χ3v) is 5.93. The van der Waals surface area contributed by atoms with Crippen molar-refractivity contribution >= 4 is 23.6 Å². The van der Waals surface area contributed by atoms with Crippen molar-refractivity contribution in [3.63, 3.8) is 0 Å². The lowest BCUT2D eigenvalue weighted by Crippen LogP contribution is -2.60. The highest BCUT2D eigenvalue weighted by molar-refractivity contribution is 5.92. The van der Waals surface area contributed by atoms with Crippen LogP contribution in [0.4, 0.5) is 0 Å². The zero-order valence-electron chi connectivity index (χ0n) is 21.0. The van der Waals surface area contributed by atoms with Crippen LogP contribution in [0, 0.1) is 5.92 Å². The highest BCUT2D eigenvalue weighted by Crippen LogP contribution is 2.27. The van der Waals surface area contributed by atoms with Gasteiger partial charge in [-0.1, -0.05) is 13.3 Å². The highest BCUT2D eigenvalue weighted by atomic mass is 16.6. The van der Waals surface area contributed by atoms with Gasteiger partial charge in [-0.15, -0.1) is 0 Å². The van der Waals surface area contributed by atoms with Gasteiger partial charge in [-0.05, 0) is 26.7 Å². The maximum atomic E-state index is 12.6. The molecule has 10 N–H and O–H groups in total. The number of unbranched alkanes of at least 4 members (excludes halogenated alkanes) is 1. The predicted octanol–water partition coefficient (Wildman–Crippen LogP) is -3.42. The van der Waals surface area contributed by atoms with Crippen LogP contribution in [0.5, 0.6) is 0 Å². The van der Waals surface area contributed by atoms with Crippen LogP contribution in [0.1, 0.15) is 46.5 Å². The van der Waals surface area contributed by atoms with Crippen molar-refractivity contribution in [2.45, 2.75) is 89.2 Å². The molecule has 0 radical (unpaired) electrons. The molecule has 0 saturated carbocycles. The largest absolute Gasteiger partial charge is 0.394 e. The maximum Gasteiger partial charge on any atom is 0.249 e. The van der Waals surface area contributed by atoms with Gasteiger partial charge >= 0.3 is 0 Å². The van der Waals surface area contributed by atoms with Crippen LogP contribution in [-0.2, 0) is 28.7 Å². The van der Waals surface area contributed by atoms with Gasteiger partial charge < -0.3 is 52.2 Å². The van der Waals surface area contributed by atoms with E-state index in [4.69, 9.17) is 20.9 Å².